The first kappa shape index (κ1) is 20.1. The van der Waals surface area contributed by atoms with Crippen molar-refractivity contribution in [3.63, 3.8) is 0 Å². The summed E-state index contributed by atoms with van der Waals surface area (Å²) in [5.41, 5.74) is -1.55. The number of carbonyl (C=O) groups excluding carboxylic acids is 1. The Morgan fingerprint density at radius 2 is 1.93 bits per heavy atom. The molecule has 3 rings (SSSR count). The van der Waals surface area contributed by atoms with Gasteiger partial charge in [-0.2, -0.15) is 17.9 Å². The van der Waals surface area contributed by atoms with Gasteiger partial charge in [0.2, 0.25) is 4.73 Å². The molecule has 0 aromatic carbocycles. The van der Waals surface area contributed by atoms with Crippen molar-refractivity contribution in [3.8, 4) is 5.95 Å². The second-order valence-electron chi connectivity index (χ2n) is 5.46. The van der Waals surface area contributed by atoms with Crippen molar-refractivity contribution in [1.82, 2.24) is 35.0 Å². The SMILES string of the molecule is CC(NC(=O)c1cc(Cl)nc(C(F)(F)F)c1)c1nc(Br)nn1-c1ncccn1. The predicted molar refractivity (Wildman–Crippen MR) is 94.8 cm³/mol. The monoisotopic (exact) mass is 475 g/mol. The number of rotatable bonds is 4. The van der Waals surface area contributed by atoms with Crippen molar-refractivity contribution < 1.29 is 18.0 Å². The van der Waals surface area contributed by atoms with Crippen LogP contribution >= 0.6 is 27.5 Å². The van der Waals surface area contributed by atoms with Gasteiger partial charge in [-0.25, -0.2) is 19.9 Å². The minimum atomic E-state index is -4.73. The number of hydrogen-bond acceptors (Lipinski definition) is 6. The fraction of sp³-hybridized carbons (Fsp3) is 0.200. The van der Waals surface area contributed by atoms with Crippen molar-refractivity contribution in [1.29, 1.82) is 0 Å². The minimum Gasteiger partial charge on any atom is -0.342 e. The van der Waals surface area contributed by atoms with E-state index in [-0.39, 0.29) is 22.1 Å². The number of amides is 1. The molecule has 1 unspecified atom stereocenters. The third kappa shape index (κ3) is 4.44. The molecule has 0 aliphatic carbocycles. The first-order valence-corrected chi connectivity index (χ1v) is 8.77. The van der Waals surface area contributed by atoms with E-state index in [0.29, 0.717) is 6.07 Å². The van der Waals surface area contributed by atoms with Crippen LogP contribution in [0.4, 0.5) is 13.2 Å². The van der Waals surface area contributed by atoms with E-state index in [9.17, 15) is 18.0 Å². The highest BCUT2D eigenvalue weighted by atomic mass is 79.9. The molecule has 3 aromatic heterocycles. The van der Waals surface area contributed by atoms with E-state index >= 15 is 0 Å². The molecule has 8 nitrogen and oxygen atoms in total. The number of aromatic nitrogens is 6. The average Bonchev–Trinajstić information content (AvgIpc) is 3.03. The Labute approximate surface area is 169 Å². The topological polar surface area (TPSA) is 98.5 Å². The number of nitrogens with one attached hydrogen (secondary N) is 1. The van der Waals surface area contributed by atoms with Gasteiger partial charge < -0.3 is 5.32 Å². The smallest absolute Gasteiger partial charge is 0.342 e. The molecule has 0 fully saturated rings. The number of alkyl halides is 3. The van der Waals surface area contributed by atoms with Crippen molar-refractivity contribution in [2.45, 2.75) is 19.1 Å². The highest BCUT2D eigenvalue weighted by Crippen LogP contribution is 2.29. The summed E-state index contributed by atoms with van der Waals surface area (Å²) in [6, 6.07) is 2.54. The van der Waals surface area contributed by atoms with E-state index in [1.165, 1.54) is 17.1 Å². The summed E-state index contributed by atoms with van der Waals surface area (Å²) in [5.74, 6) is -0.312. The molecule has 13 heteroatoms. The van der Waals surface area contributed by atoms with Crippen LogP contribution in [-0.2, 0) is 6.18 Å². The Morgan fingerprint density at radius 1 is 1.25 bits per heavy atom. The molecule has 0 saturated heterocycles. The summed E-state index contributed by atoms with van der Waals surface area (Å²) < 4.78 is 40.2. The Bertz CT molecular complexity index is 1010. The van der Waals surface area contributed by atoms with Gasteiger partial charge in [0.1, 0.15) is 10.8 Å². The van der Waals surface area contributed by atoms with E-state index in [1.54, 1.807) is 13.0 Å². The number of carbonyl (C=O) groups is 1. The maximum Gasteiger partial charge on any atom is 0.433 e. The van der Waals surface area contributed by atoms with Crippen LogP contribution in [0.15, 0.2) is 35.3 Å². The quantitative estimate of drug-likeness (QED) is 0.580. The molecule has 0 spiro atoms. The molecular weight excluding hydrogens is 467 g/mol. The first-order valence-electron chi connectivity index (χ1n) is 7.60. The van der Waals surface area contributed by atoms with Gasteiger partial charge in [0.15, 0.2) is 5.82 Å². The molecule has 28 heavy (non-hydrogen) atoms. The van der Waals surface area contributed by atoms with Gasteiger partial charge in [0.05, 0.1) is 6.04 Å². The molecule has 0 radical (unpaired) electrons. The molecule has 0 aliphatic rings. The average molecular weight is 477 g/mol. The van der Waals surface area contributed by atoms with Gasteiger partial charge in [0.25, 0.3) is 11.9 Å². The van der Waals surface area contributed by atoms with Gasteiger partial charge >= 0.3 is 6.18 Å². The molecule has 0 aliphatic heterocycles. The molecule has 3 aromatic rings. The largest absolute Gasteiger partial charge is 0.433 e. The van der Waals surface area contributed by atoms with E-state index in [0.717, 1.165) is 6.07 Å². The molecule has 3 heterocycles. The molecule has 146 valence electrons. The van der Waals surface area contributed by atoms with Crippen molar-refractivity contribution in [3.05, 3.63) is 57.6 Å². The lowest BCUT2D eigenvalue weighted by molar-refractivity contribution is -0.141. The number of nitrogens with zero attached hydrogens (tertiary/aromatic N) is 6. The van der Waals surface area contributed by atoms with Crippen LogP contribution < -0.4 is 5.32 Å². The molecular formula is C15H10BrClF3N7O. The zero-order chi connectivity index (χ0) is 20.5. The van der Waals surface area contributed by atoms with Crippen LogP contribution in [-0.4, -0.2) is 35.6 Å². The second-order valence-corrected chi connectivity index (χ2v) is 6.55. The first-order chi connectivity index (χ1) is 13.1. The third-order valence-electron chi connectivity index (χ3n) is 3.43. The molecule has 1 amide bonds. The van der Waals surface area contributed by atoms with Gasteiger partial charge in [0, 0.05) is 18.0 Å². The lowest BCUT2D eigenvalue weighted by Crippen LogP contribution is -2.29. The number of hydrogen-bond donors (Lipinski definition) is 1. The zero-order valence-electron chi connectivity index (χ0n) is 13.9. The summed E-state index contributed by atoms with van der Waals surface area (Å²) in [4.78, 5) is 27.9. The number of pyridine rings is 1. The normalized spacial score (nSPS) is 12.6. The lowest BCUT2D eigenvalue weighted by Gasteiger charge is -2.14. The van der Waals surface area contributed by atoms with Crippen LogP contribution in [0.5, 0.6) is 0 Å². The Kier molecular flexibility index (Phi) is 5.61. The summed E-state index contributed by atoms with van der Waals surface area (Å²) in [7, 11) is 0. The van der Waals surface area contributed by atoms with E-state index in [2.05, 4.69) is 46.3 Å². The van der Waals surface area contributed by atoms with Gasteiger partial charge in [-0.3, -0.25) is 4.79 Å². The van der Waals surface area contributed by atoms with Gasteiger partial charge in [-0.05, 0) is 41.1 Å². The standard InChI is InChI=1S/C15H10BrClF3N7O/c1-7(11-25-13(16)26-27(11)14-21-3-2-4-22-14)23-12(28)8-5-9(15(18,19)20)24-10(17)6-8/h2-7H,1H3,(H,23,28). The molecule has 0 saturated carbocycles. The van der Waals surface area contributed by atoms with Crippen LogP contribution in [0.25, 0.3) is 5.95 Å². The molecule has 1 N–H and O–H groups in total. The Morgan fingerprint density at radius 3 is 2.57 bits per heavy atom. The van der Waals surface area contributed by atoms with Gasteiger partial charge in [-0.1, -0.05) is 11.6 Å². The molecule has 1 atom stereocenters. The number of halogens is 5. The third-order valence-corrected chi connectivity index (χ3v) is 3.96. The Hall–Kier alpha value is -2.60. The summed E-state index contributed by atoms with van der Waals surface area (Å²) in [6.07, 6.45) is -1.73. The fourth-order valence-corrected chi connectivity index (χ4v) is 2.79. The molecule has 0 bridgehead atoms. The van der Waals surface area contributed by atoms with E-state index < -0.39 is 29.0 Å². The van der Waals surface area contributed by atoms with Crippen LogP contribution in [0.2, 0.25) is 5.15 Å². The summed E-state index contributed by atoms with van der Waals surface area (Å²) in [6.45, 7) is 1.58. The van der Waals surface area contributed by atoms with Crippen molar-refractivity contribution >= 4 is 33.4 Å². The van der Waals surface area contributed by atoms with Crippen LogP contribution in [0.1, 0.15) is 34.8 Å². The van der Waals surface area contributed by atoms with E-state index in [1.807, 2.05) is 0 Å². The van der Waals surface area contributed by atoms with Crippen molar-refractivity contribution in [2.24, 2.45) is 0 Å². The maximum atomic E-state index is 12.9. The zero-order valence-corrected chi connectivity index (χ0v) is 16.3. The summed E-state index contributed by atoms with van der Waals surface area (Å²) >= 11 is 8.76. The Balaban J connectivity index is 1.88. The highest BCUT2D eigenvalue weighted by Gasteiger charge is 2.34. The maximum absolute atomic E-state index is 12.9. The highest BCUT2D eigenvalue weighted by molar-refractivity contribution is 9.10. The van der Waals surface area contributed by atoms with Crippen LogP contribution in [0.3, 0.4) is 0 Å². The van der Waals surface area contributed by atoms with Crippen LogP contribution in [0, 0.1) is 0 Å². The minimum absolute atomic E-state index is 0.211. The second kappa shape index (κ2) is 7.80. The van der Waals surface area contributed by atoms with Gasteiger partial charge in [-0.15, -0.1) is 5.10 Å². The summed E-state index contributed by atoms with van der Waals surface area (Å²) in [5, 5.41) is 6.21. The van der Waals surface area contributed by atoms with Crippen molar-refractivity contribution in [2.75, 3.05) is 0 Å². The predicted octanol–water partition coefficient (Wildman–Crippen LogP) is 3.38. The van der Waals surface area contributed by atoms with E-state index in [4.69, 9.17) is 11.6 Å². The lowest BCUT2D eigenvalue weighted by atomic mass is 10.2. The fourth-order valence-electron chi connectivity index (χ4n) is 2.24.